The SMILES string of the molecule is Cc1cc(C)c(C2C(C#N)=C(N)N(c3cccc([N+](=O)[O-])c3)C3=C2C(=O)CCC3)cc1COc1ccc(F)cc1. The number of non-ortho nitro benzene ring substituents is 1. The van der Waals surface area contributed by atoms with Crippen molar-refractivity contribution in [2.45, 2.75) is 45.6 Å². The highest BCUT2D eigenvalue weighted by atomic mass is 19.1. The molecule has 5 rings (SSSR count). The fraction of sp³-hybridized carbons (Fsp3) is 0.226. The lowest BCUT2D eigenvalue weighted by molar-refractivity contribution is -0.384. The molecular weight excluding hydrogens is 511 g/mol. The Morgan fingerprint density at radius 3 is 2.58 bits per heavy atom. The van der Waals surface area contributed by atoms with Crippen LogP contribution in [0.2, 0.25) is 0 Å². The van der Waals surface area contributed by atoms with Crippen LogP contribution in [-0.4, -0.2) is 10.7 Å². The van der Waals surface area contributed by atoms with Crippen LogP contribution in [0.1, 0.15) is 47.4 Å². The number of rotatable bonds is 6. The van der Waals surface area contributed by atoms with Gasteiger partial charge >= 0.3 is 0 Å². The number of nitriles is 1. The van der Waals surface area contributed by atoms with Gasteiger partial charge in [-0.05, 0) is 79.3 Å². The molecule has 0 aromatic heterocycles. The molecule has 2 aliphatic rings. The second-order valence-electron chi connectivity index (χ2n) is 9.97. The molecule has 1 aliphatic heterocycles. The van der Waals surface area contributed by atoms with Crippen molar-refractivity contribution in [3.63, 3.8) is 0 Å². The number of benzene rings is 3. The van der Waals surface area contributed by atoms with Crippen molar-refractivity contribution in [3.05, 3.63) is 122 Å². The Morgan fingerprint density at radius 2 is 1.88 bits per heavy atom. The summed E-state index contributed by atoms with van der Waals surface area (Å²) in [5.41, 5.74) is 11.8. The van der Waals surface area contributed by atoms with E-state index in [9.17, 15) is 24.6 Å². The maximum Gasteiger partial charge on any atom is 0.271 e. The number of carbonyl (C=O) groups is 1. The van der Waals surface area contributed by atoms with Crippen molar-refractivity contribution in [3.8, 4) is 11.8 Å². The molecule has 0 fully saturated rings. The number of aryl methyl sites for hydroxylation is 2. The van der Waals surface area contributed by atoms with E-state index in [1.54, 1.807) is 29.2 Å². The van der Waals surface area contributed by atoms with E-state index in [1.807, 2.05) is 26.0 Å². The lowest BCUT2D eigenvalue weighted by Gasteiger charge is -2.40. The minimum Gasteiger partial charge on any atom is -0.489 e. The second-order valence-corrected chi connectivity index (χ2v) is 9.97. The smallest absolute Gasteiger partial charge is 0.271 e. The molecule has 0 bridgehead atoms. The summed E-state index contributed by atoms with van der Waals surface area (Å²) in [5.74, 6) is -0.459. The normalized spacial score (nSPS) is 17.0. The molecule has 0 saturated heterocycles. The highest BCUT2D eigenvalue weighted by Gasteiger charge is 2.41. The van der Waals surface area contributed by atoms with Gasteiger partial charge in [-0.3, -0.25) is 19.8 Å². The Morgan fingerprint density at radius 1 is 1.12 bits per heavy atom. The van der Waals surface area contributed by atoms with Crippen molar-refractivity contribution >= 4 is 17.2 Å². The Balaban J connectivity index is 1.63. The number of hydrogen-bond donors (Lipinski definition) is 1. The van der Waals surface area contributed by atoms with Crippen LogP contribution in [0, 0.1) is 41.1 Å². The van der Waals surface area contributed by atoms with E-state index in [1.165, 1.54) is 24.3 Å². The number of ketones is 1. The van der Waals surface area contributed by atoms with Gasteiger partial charge in [0.25, 0.3) is 5.69 Å². The third-order valence-corrected chi connectivity index (χ3v) is 7.46. The lowest BCUT2D eigenvalue weighted by atomic mass is 9.74. The topological polar surface area (TPSA) is 122 Å². The van der Waals surface area contributed by atoms with E-state index in [4.69, 9.17) is 10.5 Å². The first kappa shape index (κ1) is 26.6. The number of nitro groups is 1. The number of halogens is 1. The number of carbonyl (C=O) groups excluding carboxylic acids is 1. The number of Topliss-reactive ketones (excluding diaryl/α,β-unsaturated/α-hetero) is 1. The Labute approximate surface area is 230 Å². The first-order valence-electron chi connectivity index (χ1n) is 12.9. The number of anilines is 1. The van der Waals surface area contributed by atoms with Crippen molar-refractivity contribution < 1.29 is 18.8 Å². The number of nitro benzene ring substituents is 1. The molecule has 3 aromatic rings. The predicted molar refractivity (Wildman–Crippen MR) is 148 cm³/mol. The molecule has 202 valence electrons. The largest absolute Gasteiger partial charge is 0.489 e. The van der Waals surface area contributed by atoms with Gasteiger partial charge in [0.15, 0.2) is 5.78 Å². The van der Waals surface area contributed by atoms with Crippen LogP contribution in [-0.2, 0) is 11.4 Å². The molecule has 2 N–H and O–H groups in total. The van der Waals surface area contributed by atoms with E-state index in [0.717, 1.165) is 22.3 Å². The number of nitrogens with zero attached hydrogens (tertiary/aromatic N) is 3. The van der Waals surface area contributed by atoms with Gasteiger partial charge in [-0.1, -0.05) is 18.2 Å². The van der Waals surface area contributed by atoms with Gasteiger partial charge in [-0.2, -0.15) is 5.26 Å². The molecule has 1 unspecified atom stereocenters. The molecule has 9 heteroatoms. The third-order valence-electron chi connectivity index (χ3n) is 7.46. The van der Waals surface area contributed by atoms with Crippen LogP contribution in [0.5, 0.6) is 5.75 Å². The van der Waals surface area contributed by atoms with Crippen molar-refractivity contribution in [1.29, 1.82) is 5.26 Å². The molecule has 1 atom stereocenters. The van der Waals surface area contributed by atoms with Gasteiger partial charge in [-0.15, -0.1) is 0 Å². The molecule has 0 amide bonds. The molecule has 3 aromatic carbocycles. The van der Waals surface area contributed by atoms with Crippen molar-refractivity contribution in [1.82, 2.24) is 0 Å². The molecule has 0 spiro atoms. The molecule has 0 saturated carbocycles. The van der Waals surface area contributed by atoms with Crippen molar-refractivity contribution in [2.75, 3.05) is 4.90 Å². The molecular formula is C31H27FN4O4. The van der Waals surface area contributed by atoms with Gasteiger partial charge < -0.3 is 10.5 Å². The highest BCUT2D eigenvalue weighted by molar-refractivity contribution is 6.01. The summed E-state index contributed by atoms with van der Waals surface area (Å²) in [6.45, 7) is 4.09. The van der Waals surface area contributed by atoms with Crippen LogP contribution in [0.4, 0.5) is 15.8 Å². The van der Waals surface area contributed by atoms with Gasteiger partial charge in [0, 0.05) is 29.8 Å². The summed E-state index contributed by atoms with van der Waals surface area (Å²) in [5, 5.41) is 21.8. The molecule has 40 heavy (non-hydrogen) atoms. The monoisotopic (exact) mass is 538 g/mol. The van der Waals surface area contributed by atoms with E-state index in [-0.39, 0.29) is 35.3 Å². The summed E-state index contributed by atoms with van der Waals surface area (Å²) in [6.07, 6.45) is 1.47. The molecule has 1 aliphatic carbocycles. The Hall–Kier alpha value is -4.97. The average Bonchev–Trinajstić information content (AvgIpc) is 2.93. The van der Waals surface area contributed by atoms with Gasteiger partial charge in [-0.25, -0.2) is 4.39 Å². The lowest BCUT2D eigenvalue weighted by Crippen LogP contribution is -2.39. The standard InChI is InChI=1S/C31H27FN4O4/c1-18-13-19(2)25(14-20(18)17-40-24-11-9-21(32)10-12-24)29-26(16-33)31(34)35(27-7-4-8-28(37)30(27)29)22-5-3-6-23(15-22)36(38)39/h3,5-6,9-15,29H,4,7-8,17,34H2,1-2H3. The van der Waals surface area contributed by atoms with Crippen LogP contribution >= 0.6 is 0 Å². The number of hydrogen-bond acceptors (Lipinski definition) is 7. The zero-order valence-corrected chi connectivity index (χ0v) is 22.1. The number of nitrogens with two attached hydrogens (primary N) is 1. The number of ether oxygens (including phenoxy) is 1. The highest BCUT2D eigenvalue weighted by Crippen LogP contribution is 2.47. The second kappa shape index (κ2) is 10.7. The number of allylic oxidation sites excluding steroid dienone is 3. The summed E-state index contributed by atoms with van der Waals surface area (Å²) in [6, 6.07) is 18.0. The van der Waals surface area contributed by atoms with E-state index >= 15 is 0 Å². The van der Waals surface area contributed by atoms with Crippen LogP contribution in [0.3, 0.4) is 0 Å². The predicted octanol–water partition coefficient (Wildman–Crippen LogP) is 6.23. The fourth-order valence-electron chi connectivity index (χ4n) is 5.51. The zero-order chi connectivity index (χ0) is 28.6. The first-order valence-corrected chi connectivity index (χ1v) is 12.9. The zero-order valence-electron chi connectivity index (χ0n) is 22.1. The van der Waals surface area contributed by atoms with E-state index in [0.29, 0.717) is 42.0 Å². The maximum absolute atomic E-state index is 13.5. The van der Waals surface area contributed by atoms with Crippen LogP contribution in [0.15, 0.2) is 83.3 Å². The molecule has 0 radical (unpaired) electrons. The van der Waals surface area contributed by atoms with Crippen molar-refractivity contribution in [2.24, 2.45) is 5.73 Å². The maximum atomic E-state index is 13.5. The minimum atomic E-state index is -0.687. The molecule has 8 nitrogen and oxygen atoms in total. The summed E-state index contributed by atoms with van der Waals surface area (Å²) in [7, 11) is 0. The fourth-order valence-corrected chi connectivity index (χ4v) is 5.51. The van der Waals surface area contributed by atoms with Crippen LogP contribution in [0.25, 0.3) is 0 Å². The quantitative estimate of drug-likeness (QED) is 0.291. The average molecular weight is 539 g/mol. The third kappa shape index (κ3) is 4.80. The molecule has 1 heterocycles. The van der Waals surface area contributed by atoms with E-state index in [2.05, 4.69) is 6.07 Å². The summed E-state index contributed by atoms with van der Waals surface area (Å²) >= 11 is 0. The van der Waals surface area contributed by atoms with Gasteiger partial charge in [0.1, 0.15) is 24.0 Å². The minimum absolute atomic E-state index is 0.0778. The van der Waals surface area contributed by atoms with Crippen LogP contribution < -0.4 is 15.4 Å². The van der Waals surface area contributed by atoms with Gasteiger partial charge in [0.2, 0.25) is 0 Å². The van der Waals surface area contributed by atoms with E-state index < -0.39 is 10.8 Å². The summed E-state index contributed by atoms with van der Waals surface area (Å²) in [4.78, 5) is 26.1. The first-order chi connectivity index (χ1) is 19.2. The Kier molecular flexibility index (Phi) is 7.09. The van der Waals surface area contributed by atoms with Gasteiger partial charge in [0.05, 0.1) is 28.2 Å². The summed E-state index contributed by atoms with van der Waals surface area (Å²) < 4.78 is 19.2. The Bertz CT molecular complexity index is 1640.